The van der Waals surface area contributed by atoms with Crippen molar-refractivity contribution in [1.82, 2.24) is 0 Å². The summed E-state index contributed by atoms with van der Waals surface area (Å²) in [7, 11) is 0.724. The monoisotopic (exact) mass is 85.0 g/mol. The second-order valence-electron chi connectivity index (χ2n) is 0.832. The first-order chi connectivity index (χ1) is 1.89. The van der Waals surface area contributed by atoms with Crippen LogP contribution in [0.1, 0.15) is 0 Å². The van der Waals surface area contributed by atoms with E-state index in [0.717, 1.165) is 9.04 Å². The molecule has 0 unspecified atom stereocenters. The largest absolute Gasteiger partial charge is 0.356 e. The first-order valence-electron chi connectivity index (χ1n) is 1.21. The molecular formula is CH3NSi2. The van der Waals surface area contributed by atoms with E-state index in [4.69, 9.17) is 5.05 Å². The predicted molar refractivity (Wildman–Crippen MR) is 19.0 cm³/mol. The first kappa shape index (κ1) is 2.47. The van der Waals surface area contributed by atoms with Crippen LogP contribution in [0.2, 0.25) is 5.67 Å². The van der Waals surface area contributed by atoms with Crippen molar-refractivity contribution in [2.24, 2.45) is 0 Å². The van der Waals surface area contributed by atoms with Gasteiger partial charge in [0.2, 0.25) is 0 Å². The van der Waals surface area contributed by atoms with Gasteiger partial charge in [-0.05, 0) is 5.67 Å². The molecule has 1 N–H and O–H groups in total. The highest BCUT2D eigenvalue weighted by Crippen LogP contribution is 1.93. The third kappa shape index (κ3) is 0.325. The molecule has 0 saturated carbocycles. The van der Waals surface area contributed by atoms with Gasteiger partial charge >= 0.3 is 0 Å². The summed E-state index contributed by atoms with van der Waals surface area (Å²) in [5.41, 5.74) is 1.28. The fourth-order valence-electron chi connectivity index (χ4n) is 0.0442. The summed E-state index contributed by atoms with van der Waals surface area (Å²) in [4.78, 5) is 0. The third-order valence-corrected chi connectivity index (χ3v) is 3.18. The van der Waals surface area contributed by atoms with Crippen LogP contribution in [-0.4, -0.2) is 17.1 Å². The van der Waals surface area contributed by atoms with Crippen molar-refractivity contribution in [3.05, 3.63) is 0 Å². The Morgan fingerprint density at radius 2 is 2.25 bits per heavy atom. The van der Waals surface area contributed by atoms with Crippen LogP contribution >= 0.6 is 0 Å². The highest BCUT2D eigenvalue weighted by atomic mass is 29.2. The normalized spacial score (nSPS) is 21.5. The Balaban J connectivity index is 2.60. The molecule has 0 aromatic heterocycles. The zero-order valence-corrected chi connectivity index (χ0v) is 4.21. The van der Waals surface area contributed by atoms with Crippen LogP contribution in [0.4, 0.5) is 0 Å². The molecule has 1 saturated heterocycles. The lowest BCUT2D eigenvalue weighted by Gasteiger charge is -1.30. The average Bonchev–Trinajstić information content (AvgIpc) is 1.75. The average molecular weight is 85.2 g/mol. The molecule has 0 aromatic rings. The lowest BCUT2D eigenvalue weighted by atomic mass is 11.9. The van der Waals surface area contributed by atoms with Gasteiger partial charge in [-0.3, -0.25) is 0 Å². The topological polar surface area (TPSA) is 23.9 Å². The first-order valence-corrected chi connectivity index (χ1v) is 5.12. The van der Waals surface area contributed by atoms with Gasteiger partial charge in [0.05, 0.1) is 17.1 Å². The van der Waals surface area contributed by atoms with Gasteiger partial charge in [-0.25, -0.2) is 0 Å². The Bertz CT molecular complexity index is 44.0. The molecule has 1 heterocycles. The molecule has 1 fully saturated rings. The number of rotatable bonds is 0. The molecule has 0 atom stereocenters. The van der Waals surface area contributed by atoms with Crippen LogP contribution in [0.5, 0.6) is 0 Å². The molecule has 0 amide bonds. The quantitative estimate of drug-likeness (QED) is 0.400. The predicted octanol–water partition coefficient (Wildman–Crippen LogP) is -0.00273. The summed E-state index contributed by atoms with van der Waals surface area (Å²) in [6.45, 7) is 0. The zero-order valence-electron chi connectivity index (χ0n) is 2.21. The zero-order chi connectivity index (χ0) is 2.99. The van der Waals surface area contributed by atoms with E-state index >= 15 is 0 Å². The van der Waals surface area contributed by atoms with Crippen LogP contribution in [0.3, 0.4) is 0 Å². The van der Waals surface area contributed by atoms with Gasteiger partial charge in [0, 0.05) is 0 Å². The Hall–Kier alpha value is 0.234. The van der Waals surface area contributed by atoms with Gasteiger partial charge in [0.15, 0.2) is 0 Å². The molecule has 3 heteroatoms. The SMILES string of the molecule is N=[Si]1C[Si]1. The van der Waals surface area contributed by atoms with Crippen molar-refractivity contribution >= 4 is 17.1 Å². The van der Waals surface area contributed by atoms with Crippen molar-refractivity contribution in [1.29, 1.82) is 5.05 Å². The summed E-state index contributed by atoms with van der Waals surface area (Å²) in [5, 5.41) is 6.81. The van der Waals surface area contributed by atoms with Gasteiger partial charge in [0.25, 0.3) is 0 Å². The van der Waals surface area contributed by atoms with E-state index in [9.17, 15) is 0 Å². The fraction of sp³-hybridized carbons (Fsp3) is 1.00. The second kappa shape index (κ2) is 0.589. The maximum absolute atomic E-state index is 6.81. The van der Waals surface area contributed by atoms with E-state index in [1.54, 1.807) is 0 Å². The van der Waals surface area contributed by atoms with Gasteiger partial charge < -0.3 is 5.05 Å². The smallest absolute Gasteiger partial charge is 0.0938 e. The van der Waals surface area contributed by atoms with Crippen LogP contribution in [0, 0.1) is 5.05 Å². The molecule has 1 aliphatic heterocycles. The minimum absolute atomic E-state index is 0.352. The number of hydrogen-bond acceptors (Lipinski definition) is 1. The van der Waals surface area contributed by atoms with E-state index in [0.29, 0.717) is 0 Å². The fourth-order valence-corrected chi connectivity index (χ4v) is 1.19. The Morgan fingerprint density at radius 3 is 2.25 bits per heavy atom. The lowest BCUT2D eigenvalue weighted by molar-refractivity contribution is 1.60. The van der Waals surface area contributed by atoms with Crippen molar-refractivity contribution < 1.29 is 0 Å². The molecule has 0 spiro atoms. The molecule has 4 heavy (non-hydrogen) atoms. The van der Waals surface area contributed by atoms with Crippen molar-refractivity contribution in [3.63, 3.8) is 0 Å². The van der Waals surface area contributed by atoms with Gasteiger partial charge in [-0.15, -0.1) is 0 Å². The summed E-state index contributed by atoms with van der Waals surface area (Å²) in [6, 6.07) is 0. The van der Waals surface area contributed by atoms with Crippen LogP contribution in [-0.2, 0) is 0 Å². The maximum Gasteiger partial charge on any atom is 0.0938 e. The van der Waals surface area contributed by atoms with Crippen molar-refractivity contribution in [2.45, 2.75) is 5.67 Å². The van der Waals surface area contributed by atoms with Gasteiger partial charge in [-0.1, -0.05) is 0 Å². The lowest BCUT2D eigenvalue weighted by Crippen LogP contribution is -1.56. The molecule has 0 aliphatic carbocycles. The molecule has 20 valence electrons. The Labute approximate surface area is 28.8 Å². The maximum atomic E-state index is 6.81. The second-order valence-corrected chi connectivity index (χ2v) is 6.43. The molecule has 1 nitrogen and oxygen atoms in total. The minimum atomic E-state index is -0.352. The Kier molecular flexibility index (Phi) is 0.364. The Morgan fingerprint density at radius 1 is 2.00 bits per heavy atom. The third-order valence-electron chi connectivity index (χ3n) is 0.354. The van der Waals surface area contributed by atoms with E-state index < -0.39 is 0 Å². The molecular weight excluding hydrogens is 82.2 g/mol. The summed E-state index contributed by atoms with van der Waals surface area (Å²) in [5.74, 6) is 0. The molecule has 0 bridgehead atoms. The van der Waals surface area contributed by atoms with Gasteiger partial charge in [0.1, 0.15) is 0 Å². The summed E-state index contributed by atoms with van der Waals surface area (Å²) in [6.07, 6.45) is 0. The minimum Gasteiger partial charge on any atom is -0.356 e. The van der Waals surface area contributed by atoms with E-state index in [1.807, 2.05) is 0 Å². The van der Waals surface area contributed by atoms with Crippen LogP contribution in [0.25, 0.3) is 0 Å². The van der Waals surface area contributed by atoms with Crippen LogP contribution in [0.15, 0.2) is 0 Å². The summed E-state index contributed by atoms with van der Waals surface area (Å²) < 4.78 is 0. The molecule has 2 radical (unpaired) electrons. The van der Waals surface area contributed by atoms with Crippen LogP contribution < -0.4 is 0 Å². The highest BCUT2D eigenvalue weighted by molar-refractivity contribution is 7.24. The highest BCUT2D eigenvalue weighted by Gasteiger charge is 2.12. The van der Waals surface area contributed by atoms with E-state index in [1.165, 1.54) is 5.67 Å². The van der Waals surface area contributed by atoms with E-state index in [-0.39, 0.29) is 8.11 Å². The number of hydrogen-bond donors (Lipinski definition) is 1. The number of nitrogens with one attached hydrogen (secondary N) is 1. The standard InChI is InChI=1S/CH3NSi2/c2-4-1-3-4/h2H,1H2. The van der Waals surface area contributed by atoms with E-state index in [2.05, 4.69) is 0 Å². The van der Waals surface area contributed by atoms with Gasteiger partial charge in [-0.2, -0.15) is 0 Å². The molecule has 1 aliphatic rings. The summed E-state index contributed by atoms with van der Waals surface area (Å²) >= 11 is 0. The van der Waals surface area contributed by atoms with Crippen molar-refractivity contribution in [3.8, 4) is 0 Å². The van der Waals surface area contributed by atoms with Crippen molar-refractivity contribution in [2.75, 3.05) is 0 Å². The molecule has 0 aromatic carbocycles. The molecule has 1 rings (SSSR count).